The fraction of sp³-hybridized carbons (Fsp3) is 0.200. The molecule has 1 aromatic rings. The van der Waals surface area contributed by atoms with E-state index in [1.54, 1.807) is 6.92 Å². The molecule has 0 spiro atoms. The molecule has 0 heterocycles. The van der Waals surface area contributed by atoms with Crippen molar-refractivity contribution in [3.05, 3.63) is 29.8 Å². The van der Waals surface area contributed by atoms with Gasteiger partial charge in [-0.15, -0.1) is 0 Å². The van der Waals surface area contributed by atoms with Crippen LogP contribution in [0.4, 0.5) is 14.5 Å². The third-order valence-corrected chi connectivity index (χ3v) is 1.83. The molecule has 0 fully saturated rings. The van der Waals surface area contributed by atoms with Gasteiger partial charge in [0.25, 0.3) is 0 Å². The number of hydrogen-bond acceptors (Lipinski definition) is 4. The highest BCUT2D eigenvalue weighted by Crippen LogP contribution is 2.12. The van der Waals surface area contributed by atoms with Crippen molar-refractivity contribution in [1.29, 1.82) is 0 Å². The van der Waals surface area contributed by atoms with E-state index in [2.05, 4.69) is 15.3 Å². The monoisotopic (exact) mass is 262 g/mol. The number of ether oxygens (including phenoxy) is 1. The number of anilines is 1. The van der Waals surface area contributed by atoms with Gasteiger partial charge in [0.05, 0.1) is 12.3 Å². The van der Waals surface area contributed by atoms with Crippen molar-refractivity contribution >= 4 is 28.4 Å². The second-order valence-corrected chi connectivity index (χ2v) is 3.25. The Morgan fingerprint density at radius 1 is 1.41 bits per heavy atom. The highest BCUT2D eigenvalue weighted by molar-refractivity contribution is 6.82. The molecule has 4 nitrogen and oxygen atoms in total. The van der Waals surface area contributed by atoms with E-state index in [0.29, 0.717) is 6.07 Å². The van der Waals surface area contributed by atoms with E-state index < -0.39 is 22.8 Å². The molecule has 0 amide bonds. The smallest absolute Gasteiger partial charge is 0.370 e. The van der Waals surface area contributed by atoms with Crippen molar-refractivity contribution in [2.45, 2.75) is 6.92 Å². The Morgan fingerprint density at radius 3 is 2.53 bits per heavy atom. The topological polar surface area (TPSA) is 50.7 Å². The number of rotatable bonds is 4. The maximum absolute atomic E-state index is 12.8. The van der Waals surface area contributed by atoms with Gasteiger partial charge in [0, 0.05) is 6.07 Å². The summed E-state index contributed by atoms with van der Waals surface area (Å²) in [5, 5.41) is 2.96. The van der Waals surface area contributed by atoms with Gasteiger partial charge >= 0.3 is 5.97 Å². The first-order valence-corrected chi connectivity index (χ1v) is 5.03. The van der Waals surface area contributed by atoms with E-state index in [0.717, 1.165) is 12.1 Å². The molecule has 0 saturated carbocycles. The van der Waals surface area contributed by atoms with Gasteiger partial charge in [-0.1, -0.05) is 11.6 Å². The Hall–Kier alpha value is -1.69. The number of esters is 1. The fourth-order valence-corrected chi connectivity index (χ4v) is 1.07. The number of hydrazone groups is 1. The van der Waals surface area contributed by atoms with E-state index >= 15 is 0 Å². The number of hydrogen-bond donors (Lipinski definition) is 1. The van der Waals surface area contributed by atoms with Gasteiger partial charge in [0.15, 0.2) is 0 Å². The van der Waals surface area contributed by atoms with Gasteiger partial charge in [-0.2, -0.15) is 5.10 Å². The summed E-state index contributed by atoms with van der Waals surface area (Å²) in [5.74, 6) is -2.36. The number of carbonyl (C=O) groups is 1. The van der Waals surface area contributed by atoms with Gasteiger partial charge in [-0.3, -0.25) is 5.43 Å². The number of nitrogens with zero attached hydrogens (tertiary/aromatic N) is 1. The van der Waals surface area contributed by atoms with E-state index in [1.807, 2.05) is 0 Å². The Labute approximate surface area is 101 Å². The minimum atomic E-state index is -0.821. The zero-order chi connectivity index (χ0) is 12.8. The summed E-state index contributed by atoms with van der Waals surface area (Å²) in [5.41, 5.74) is 2.27. The van der Waals surface area contributed by atoms with Crippen LogP contribution in [-0.4, -0.2) is 17.7 Å². The summed E-state index contributed by atoms with van der Waals surface area (Å²) in [4.78, 5) is 11.0. The SMILES string of the molecule is CCOC(=O)/C(Cl)=N/Nc1cc(F)cc(F)c1. The second kappa shape index (κ2) is 6.15. The van der Waals surface area contributed by atoms with Crippen LogP contribution in [0.5, 0.6) is 0 Å². The van der Waals surface area contributed by atoms with Gasteiger partial charge in [-0.25, -0.2) is 13.6 Å². The van der Waals surface area contributed by atoms with Crippen molar-refractivity contribution in [3.63, 3.8) is 0 Å². The first-order valence-electron chi connectivity index (χ1n) is 4.65. The van der Waals surface area contributed by atoms with Crippen LogP contribution < -0.4 is 5.43 Å². The fourth-order valence-electron chi connectivity index (χ4n) is 0.968. The minimum Gasteiger partial charge on any atom is -0.461 e. The molecule has 0 radical (unpaired) electrons. The molecule has 17 heavy (non-hydrogen) atoms. The summed E-state index contributed by atoms with van der Waals surface area (Å²) in [6.07, 6.45) is 0. The van der Waals surface area contributed by atoms with E-state index in [-0.39, 0.29) is 12.3 Å². The van der Waals surface area contributed by atoms with Crippen molar-refractivity contribution in [2.75, 3.05) is 12.0 Å². The van der Waals surface area contributed by atoms with Crippen molar-refractivity contribution in [3.8, 4) is 0 Å². The Balaban J connectivity index is 2.71. The van der Waals surface area contributed by atoms with Gasteiger partial charge in [-0.05, 0) is 19.1 Å². The predicted octanol–water partition coefficient (Wildman–Crippen LogP) is 2.49. The molecular formula is C10H9ClF2N2O2. The third kappa shape index (κ3) is 4.36. The molecule has 0 unspecified atom stereocenters. The maximum atomic E-state index is 12.8. The average Bonchev–Trinajstić information content (AvgIpc) is 2.25. The Bertz CT molecular complexity index is 432. The van der Waals surface area contributed by atoms with E-state index in [9.17, 15) is 13.6 Å². The van der Waals surface area contributed by atoms with Crippen LogP contribution in [0.15, 0.2) is 23.3 Å². The van der Waals surface area contributed by atoms with E-state index in [1.165, 1.54) is 0 Å². The lowest BCUT2D eigenvalue weighted by atomic mass is 10.3. The summed E-state index contributed by atoms with van der Waals surface area (Å²) >= 11 is 5.46. The Kier molecular flexibility index (Phi) is 4.84. The van der Waals surface area contributed by atoms with Crippen molar-refractivity contribution < 1.29 is 18.3 Å². The number of benzene rings is 1. The molecule has 7 heteroatoms. The highest BCUT2D eigenvalue weighted by atomic mass is 35.5. The first-order chi connectivity index (χ1) is 8.02. The van der Waals surface area contributed by atoms with Crippen LogP contribution in [0, 0.1) is 11.6 Å². The van der Waals surface area contributed by atoms with Crippen molar-refractivity contribution in [2.24, 2.45) is 5.10 Å². The maximum Gasteiger partial charge on any atom is 0.370 e. The largest absolute Gasteiger partial charge is 0.461 e. The molecule has 1 aromatic carbocycles. The van der Waals surface area contributed by atoms with Crippen LogP contribution in [-0.2, 0) is 9.53 Å². The molecule has 0 aliphatic heterocycles. The highest BCUT2D eigenvalue weighted by Gasteiger charge is 2.09. The molecule has 0 aromatic heterocycles. The predicted molar refractivity (Wildman–Crippen MR) is 59.9 cm³/mol. The first kappa shape index (κ1) is 13.4. The quantitative estimate of drug-likeness (QED) is 0.515. The van der Waals surface area contributed by atoms with Gasteiger partial charge in [0.2, 0.25) is 5.17 Å². The standard InChI is InChI=1S/C10H9ClF2N2O2/c1-2-17-10(16)9(11)15-14-8-4-6(12)3-7(13)5-8/h3-5,14H,2H2,1H3/b15-9-. The van der Waals surface area contributed by atoms with Crippen LogP contribution in [0.1, 0.15) is 6.92 Å². The molecule has 1 rings (SSSR count). The normalized spacial score (nSPS) is 11.2. The minimum absolute atomic E-state index is 0.0324. The molecule has 92 valence electrons. The zero-order valence-corrected chi connectivity index (χ0v) is 9.59. The van der Waals surface area contributed by atoms with Crippen molar-refractivity contribution in [1.82, 2.24) is 0 Å². The third-order valence-electron chi connectivity index (χ3n) is 1.59. The number of carbonyl (C=O) groups excluding carboxylic acids is 1. The molecule has 1 N–H and O–H groups in total. The lowest BCUT2D eigenvalue weighted by Gasteiger charge is -2.02. The average molecular weight is 263 g/mol. The number of nitrogens with one attached hydrogen (secondary N) is 1. The summed E-state index contributed by atoms with van der Waals surface area (Å²) in [6.45, 7) is 1.76. The van der Waals surface area contributed by atoms with E-state index in [4.69, 9.17) is 11.6 Å². The molecule has 0 aliphatic carbocycles. The lowest BCUT2D eigenvalue weighted by Crippen LogP contribution is -2.13. The second-order valence-electron chi connectivity index (χ2n) is 2.89. The van der Waals surface area contributed by atoms with Gasteiger partial charge in [0.1, 0.15) is 11.6 Å². The van der Waals surface area contributed by atoms with Crippen LogP contribution >= 0.6 is 11.6 Å². The summed E-state index contributed by atoms with van der Waals surface area (Å²) < 4.78 is 30.1. The number of halogens is 3. The Morgan fingerprint density at radius 2 is 2.00 bits per heavy atom. The van der Waals surface area contributed by atoms with Gasteiger partial charge < -0.3 is 4.74 Å². The molecule has 0 atom stereocenters. The van der Waals surface area contributed by atoms with Crippen LogP contribution in [0.2, 0.25) is 0 Å². The zero-order valence-electron chi connectivity index (χ0n) is 8.84. The van der Waals surface area contributed by atoms with Crippen LogP contribution in [0.3, 0.4) is 0 Å². The lowest BCUT2D eigenvalue weighted by molar-refractivity contribution is -0.134. The molecule has 0 saturated heterocycles. The molecule has 0 aliphatic rings. The van der Waals surface area contributed by atoms with Crippen LogP contribution in [0.25, 0.3) is 0 Å². The summed E-state index contributed by atoms with van der Waals surface area (Å²) in [6, 6.07) is 2.71. The molecular weight excluding hydrogens is 254 g/mol. The summed E-state index contributed by atoms with van der Waals surface area (Å²) in [7, 11) is 0. The molecule has 0 bridgehead atoms.